The maximum Gasteiger partial charge on any atom is 0.0194 e. The third-order valence-corrected chi connectivity index (χ3v) is 12.2. The average molecular weight is 557 g/mol. The summed E-state index contributed by atoms with van der Waals surface area (Å²) < 4.78 is 0. The maximum absolute atomic E-state index is 4.98. The van der Waals surface area contributed by atoms with E-state index in [4.69, 9.17) is 13.2 Å². The fourth-order valence-electron chi connectivity index (χ4n) is 10.4. The van der Waals surface area contributed by atoms with Crippen LogP contribution in [0.4, 0.5) is 0 Å². The van der Waals surface area contributed by atoms with E-state index in [1.54, 1.807) is 11.1 Å². The molecule has 4 aliphatic carbocycles. The lowest BCUT2D eigenvalue weighted by Crippen LogP contribution is -2.52. The van der Waals surface area contributed by atoms with Gasteiger partial charge in [0.1, 0.15) is 0 Å². The van der Waals surface area contributed by atoms with Gasteiger partial charge in [-0.15, -0.1) is 0 Å². The fourth-order valence-corrected chi connectivity index (χ4v) is 10.4. The minimum Gasteiger partial charge on any atom is -0.0955 e. The number of hydrogen-bond donors (Lipinski definition) is 0. The first kappa shape index (κ1) is 29.2. The second-order valence-corrected chi connectivity index (χ2v) is 16.2. The van der Waals surface area contributed by atoms with Gasteiger partial charge in [0, 0.05) is 5.41 Å². The Morgan fingerprint density at radius 1 is 0.905 bits per heavy atom. The molecule has 0 radical (unpaired) electrons. The highest BCUT2D eigenvalue weighted by Crippen LogP contribution is 2.70. The number of allylic oxidation sites excluding steroid dienone is 7. The summed E-state index contributed by atoms with van der Waals surface area (Å²) in [4.78, 5) is 0. The highest BCUT2D eigenvalue weighted by atomic mass is 14.6. The molecule has 0 fully saturated rings. The fraction of sp³-hybridized carbons (Fsp3) is 0.476. The molecule has 0 bridgehead atoms. The molecule has 0 nitrogen and oxygen atoms in total. The van der Waals surface area contributed by atoms with Crippen LogP contribution in [0.15, 0.2) is 77.4 Å². The number of hydrogen-bond acceptors (Lipinski definition) is 0. The number of aryl methyl sites for hydroxylation is 2. The lowest BCUT2D eigenvalue weighted by atomic mass is 9.41. The van der Waals surface area contributed by atoms with Crippen molar-refractivity contribution in [1.82, 2.24) is 0 Å². The zero-order valence-electron chi connectivity index (χ0n) is 28.2. The topological polar surface area (TPSA) is 0 Å². The summed E-state index contributed by atoms with van der Waals surface area (Å²) in [6.45, 7) is 38.1. The summed E-state index contributed by atoms with van der Waals surface area (Å²) in [5.41, 5.74) is 21.1. The van der Waals surface area contributed by atoms with E-state index < -0.39 is 0 Å². The summed E-state index contributed by atoms with van der Waals surface area (Å²) in [7, 11) is 0. The summed E-state index contributed by atoms with van der Waals surface area (Å²) >= 11 is 0. The van der Waals surface area contributed by atoms with Crippen LogP contribution in [0.2, 0.25) is 0 Å². The van der Waals surface area contributed by atoms with E-state index >= 15 is 0 Å². The van der Waals surface area contributed by atoms with E-state index in [9.17, 15) is 0 Å². The molecule has 0 aromatic heterocycles. The zero-order chi connectivity index (χ0) is 30.7. The van der Waals surface area contributed by atoms with Crippen LogP contribution in [0, 0.1) is 23.2 Å². The van der Waals surface area contributed by atoms with Gasteiger partial charge in [-0.3, -0.25) is 0 Å². The van der Waals surface area contributed by atoms with Gasteiger partial charge in [0.2, 0.25) is 0 Å². The van der Waals surface area contributed by atoms with E-state index in [1.807, 2.05) is 0 Å². The molecular weight excluding hydrogens is 504 g/mol. The van der Waals surface area contributed by atoms with Crippen molar-refractivity contribution in [3.63, 3.8) is 0 Å². The Hall–Kier alpha value is -2.86. The van der Waals surface area contributed by atoms with E-state index in [0.29, 0.717) is 0 Å². The van der Waals surface area contributed by atoms with Crippen molar-refractivity contribution in [3.8, 4) is 11.1 Å². The molecule has 0 heterocycles. The smallest absolute Gasteiger partial charge is 0.0194 e. The van der Waals surface area contributed by atoms with Crippen molar-refractivity contribution in [1.29, 1.82) is 0 Å². The van der Waals surface area contributed by atoms with Crippen molar-refractivity contribution >= 4 is 5.57 Å². The normalized spacial score (nSPS) is 28.9. The minimum absolute atomic E-state index is 0.0187. The Kier molecular flexibility index (Phi) is 6.31. The molecule has 0 unspecified atom stereocenters. The molecule has 2 aromatic carbocycles. The average Bonchev–Trinajstić information content (AvgIpc) is 3.33. The number of fused-ring (bicyclic) bond motifs is 4. The van der Waals surface area contributed by atoms with E-state index in [0.717, 1.165) is 24.8 Å². The Morgan fingerprint density at radius 2 is 1.57 bits per heavy atom. The first-order chi connectivity index (χ1) is 19.4. The molecule has 0 saturated carbocycles. The van der Waals surface area contributed by atoms with Crippen molar-refractivity contribution in [2.24, 2.45) is 16.2 Å². The highest BCUT2D eigenvalue weighted by Gasteiger charge is 2.60. The molecule has 0 N–H and O–H groups in total. The largest absolute Gasteiger partial charge is 0.0955 e. The molecule has 0 heteroatoms. The molecule has 0 aliphatic heterocycles. The van der Waals surface area contributed by atoms with Gasteiger partial charge >= 0.3 is 0 Å². The van der Waals surface area contributed by atoms with Crippen LogP contribution in [-0.2, 0) is 24.7 Å². The second kappa shape index (κ2) is 9.07. The predicted octanol–water partition coefficient (Wildman–Crippen LogP) is 11.6. The van der Waals surface area contributed by atoms with E-state index in [2.05, 4.69) is 100 Å². The second-order valence-electron chi connectivity index (χ2n) is 16.2. The van der Waals surface area contributed by atoms with Crippen LogP contribution in [-0.4, -0.2) is 0 Å². The SMILES string of the molecule is C=C(C)C1=C(C)C[C@@]2(C)C[C@@]3(C)Cc4c(-c5ccc6c(c5)CCC6)cc(C(C)(C)C)c(C)c4C(=C)C3=C(C)[C@@]2(C)C1=C. The monoisotopic (exact) mass is 556 g/mol. The van der Waals surface area contributed by atoms with Crippen LogP contribution in [0.25, 0.3) is 16.7 Å². The van der Waals surface area contributed by atoms with Gasteiger partial charge in [-0.25, -0.2) is 0 Å². The molecule has 6 rings (SSSR count). The first-order valence-corrected chi connectivity index (χ1v) is 16.2. The zero-order valence-corrected chi connectivity index (χ0v) is 28.2. The molecule has 2 aromatic rings. The van der Waals surface area contributed by atoms with E-state index in [-0.39, 0.29) is 21.7 Å². The Bertz CT molecular complexity index is 1670. The van der Waals surface area contributed by atoms with Crippen molar-refractivity contribution in [3.05, 3.63) is 111 Å². The standard InChI is InChI=1S/C42H52/c1-24(2)36-25(3)21-41(12)23-40(11)22-34-33(32-18-17-30-15-14-16-31(30)19-32)20-35(39(8,9)10)26(4)37(34)27(5)38(40)29(7)42(41,13)28(36)6/h17-20H,1,5-6,14-16,21-23H2,2-4,7-13H3/t40-,41+,42-/m1/s1. The lowest BCUT2D eigenvalue weighted by molar-refractivity contribution is 0.0544. The van der Waals surface area contributed by atoms with Gasteiger partial charge in [0.25, 0.3) is 0 Å². The summed E-state index contributed by atoms with van der Waals surface area (Å²) in [6.07, 6.45) is 6.99. The van der Waals surface area contributed by atoms with Crippen molar-refractivity contribution < 1.29 is 0 Å². The molecule has 42 heavy (non-hydrogen) atoms. The van der Waals surface area contributed by atoms with Gasteiger partial charge in [-0.05, 0) is 149 Å². The quantitative estimate of drug-likeness (QED) is 0.345. The predicted molar refractivity (Wildman–Crippen MR) is 183 cm³/mol. The number of rotatable bonds is 2. The third kappa shape index (κ3) is 3.79. The molecule has 0 amide bonds. The lowest BCUT2D eigenvalue weighted by Gasteiger charge is -2.62. The van der Waals surface area contributed by atoms with Crippen LogP contribution >= 0.6 is 0 Å². The Morgan fingerprint density at radius 3 is 2.21 bits per heavy atom. The minimum atomic E-state index is -0.131. The first-order valence-electron chi connectivity index (χ1n) is 16.2. The van der Waals surface area contributed by atoms with Gasteiger partial charge in [0.05, 0.1) is 0 Å². The Balaban J connectivity index is 1.63. The Labute approximate surface area is 256 Å². The summed E-state index contributed by atoms with van der Waals surface area (Å²) in [5.74, 6) is 0. The van der Waals surface area contributed by atoms with Crippen LogP contribution in [0.1, 0.15) is 115 Å². The van der Waals surface area contributed by atoms with E-state index in [1.165, 1.54) is 86.1 Å². The molecule has 0 spiro atoms. The summed E-state index contributed by atoms with van der Waals surface area (Å²) in [5, 5.41) is 0. The van der Waals surface area contributed by atoms with Crippen molar-refractivity contribution in [2.75, 3.05) is 0 Å². The maximum atomic E-state index is 4.98. The third-order valence-electron chi connectivity index (χ3n) is 12.2. The van der Waals surface area contributed by atoms with Gasteiger partial charge < -0.3 is 0 Å². The molecule has 3 atom stereocenters. The van der Waals surface area contributed by atoms with Crippen LogP contribution in [0.3, 0.4) is 0 Å². The molecule has 220 valence electrons. The van der Waals surface area contributed by atoms with Gasteiger partial charge in [-0.2, -0.15) is 0 Å². The summed E-state index contributed by atoms with van der Waals surface area (Å²) in [6, 6.07) is 9.87. The van der Waals surface area contributed by atoms with Gasteiger partial charge in [0.15, 0.2) is 0 Å². The van der Waals surface area contributed by atoms with Gasteiger partial charge in [-0.1, -0.05) is 102 Å². The number of benzene rings is 2. The molecule has 4 aliphatic rings. The molecule has 0 saturated heterocycles. The molecular formula is C42H52. The highest BCUT2D eigenvalue weighted by molar-refractivity contribution is 5.91. The van der Waals surface area contributed by atoms with Crippen molar-refractivity contribution in [2.45, 2.75) is 113 Å². The van der Waals surface area contributed by atoms with Crippen LogP contribution in [0.5, 0.6) is 0 Å². The van der Waals surface area contributed by atoms with Crippen LogP contribution < -0.4 is 0 Å².